The van der Waals surface area contributed by atoms with Gasteiger partial charge in [0.1, 0.15) is 0 Å². The van der Waals surface area contributed by atoms with E-state index >= 15 is 0 Å². The number of urea groups is 1. The molecule has 0 saturated carbocycles. The highest BCUT2D eigenvalue weighted by atomic mass is 16.3. The minimum atomic E-state index is -0.330. The molecule has 2 amide bonds. The van der Waals surface area contributed by atoms with Crippen molar-refractivity contribution in [3.05, 3.63) is 24.5 Å². The number of anilines is 1. The molecule has 0 saturated heterocycles. The summed E-state index contributed by atoms with van der Waals surface area (Å²) in [4.78, 5) is 15.2. The second-order valence-corrected chi connectivity index (χ2v) is 3.13. The lowest BCUT2D eigenvalue weighted by Crippen LogP contribution is -2.39. The molecule has 1 aromatic heterocycles. The van der Waals surface area contributed by atoms with Crippen molar-refractivity contribution in [3.63, 3.8) is 0 Å². The Kier molecular flexibility index (Phi) is 4.56. The lowest BCUT2D eigenvalue weighted by atomic mass is 10.2. The number of amides is 2. The summed E-state index contributed by atoms with van der Waals surface area (Å²) in [6.45, 7) is 1.84. The van der Waals surface area contributed by atoms with Crippen LogP contribution in [0.3, 0.4) is 0 Å². The molecule has 1 heterocycles. The number of aromatic nitrogens is 1. The first kappa shape index (κ1) is 11.5. The fraction of sp³-hybridized carbons (Fsp3) is 0.400. The van der Waals surface area contributed by atoms with Gasteiger partial charge in [0, 0.05) is 6.20 Å². The van der Waals surface area contributed by atoms with E-state index in [2.05, 4.69) is 15.6 Å². The normalized spacial score (nSPS) is 11.9. The van der Waals surface area contributed by atoms with Crippen LogP contribution >= 0.6 is 0 Å². The zero-order valence-electron chi connectivity index (χ0n) is 8.60. The molecule has 1 aromatic rings. The second kappa shape index (κ2) is 5.98. The third kappa shape index (κ3) is 3.95. The number of hydrogen-bond donors (Lipinski definition) is 3. The molecular formula is C10H15N3O2. The van der Waals surface area contributed by atoms with Crippen LogP contribution in [0.25, 0.3) is 0 Å². The molecule has 5 heteroatoms. The monoisotopic (exact) mass is 209 g/mol. The van der Waals surface area contributed by atoms with E-state index in [0.29, 0.717) is 12.1 Å². The van der Waals surface area contributed by atoms with Crippen molar-refractivity contribution in [1.29, 1.82) is 0 Å². The van der Waals surface area contributed by atoms with E-state index in [0.717, 1.165) is 0 Å². The molecule has 0 spiro atoms. The number of pyridine rings is 1. The molecule has 5 nitrogen and oxygen atoms in total. The van der Waals surface area contributed by atoms with E-state index in [1.807, 2.05) is 6.92 Å². The Hall–Kier alpha value is -1.62. The minimum Gasteiger partial charge on any atom is -0.394 e. The lowest BCUT2D eigenvalue weighted by molar-refractivity contribution is 0.222. The van der Waals surface area contributed by atoms with Crippen LogP contribution in [-0.2, 0) is 0 Å². The highest BCUT2D eigenvalue weighted by Gasteiger charge is 2.08. The van der Waals surface area contributed by atoms with Crippen LogP contribution < -0.4 is 10.6 Å². The zero-order valence-corrected chi connectivity index (χ0v) is 8.60. The van der Waals surface area contributed by atoms with Crippen LogP contribution in [0.5, 0.6) is 0 Å². The van der Waals surface area contributed by atoms with Crippen LogP contribution in [0, 0.1) is 0 Å². The van der Waals surface area contributed by atoms with Gasteiger partial charge in [-0.3, -0.25) is 4.98 Å². The second-order valence-electron chi connectivity index (χ2n) is 3.13. The molecule has 0 aliphatic rings. The Morgan fingerprint density at radius 3 is 3.00 bits per heavy atom. The molecule has 0 aliphatic heterocycles. The van der Waals surface area contributed by atoms with E-state index in [-0.39, 0.29) is 18.7 Å². The maximum absolute atomic E-state index is 11.4. The van der Waals surface area contributed by atoms with Gasteiger partial charge in [0.15, 0.2) is 0 Å². The van der Waals surface area contributed by atoms with Gasteiger partial charge in [-0.2, -0.15) is 0 Å². The smallest absolute Gasteiger partial charge is 0.319 e. The van der Waals surface area contributed by atoms with Gasteiger partial charge >= 0.3 is 6.03 Å². The van der Waals surface area contributed by atoms with Gasteiger partial charge in [0.25, 0.3) is 0 Å². The van der Waals surface area contributed by atoms with Crippen LogP contribution in [0.1, 0.15) is 13.3 Å². The largest absolute Gasteiger partial charge is 0.394 e. The van der Waals surface area contributed by atoms with Gasteiger partial charge in [-0.1, -0.05) is 6.92 Å². The summed E-state index contributed by atoms with van der Waals surface area (Å²) >= 11 is 0. The van der Waals surface area contributed by atoms with Gasteiger partial charge in [-0.25, -0.2) is 4.79 Å². The van der Waals surface area contributed by atoms with Crippen LogP contribution in [-0.4, -0.2) is 28.8 Å². The molecule has 0 aromatic carbocycles. The Bertz CT molecular complexity index is 299. The number of carbonyl (C=O) groups is 1. The summed E-state index contributed by atoms with van der Waals surface area (Å²) in [5, 5.41) is 14.1. The fourth-order valence-corrected chi connectivity index (χ4v) is 1.07. The molecular weight excluding hydrogens is 194 g/mol. The molecule has 3 N–H and O–H groups in total. The van der Waals surface area contributed by atoms with Crippen LogP contribution in [0.15, 0.2) is 24.5 Å². The first-order valence-corrected chi connectivity index (χ1v) is 4.84. The molecule has 0 fully saturated rings. The van der Waals surface area contributed by atoms with Crippen molar-refractivity contribution in [1.82, 2.24) is 10.3 Å². The van der Waals surface area contributed by atoms with E-state index in [1.165, 1.54) is 0 Å². The SMILES string of the molecule is CC[C@@H](CO)NC(=O)Nc1cccnc1. The van der Waals surface area contributed by atoms with Crippen molar-refractivity contribution in [3.8, 4) is 0 Å². The zero-order chi connectivity index (χ0) is 11.1. The number of aliphatic hydroxyl groups is 1. The van der Waals surface area contributed by atoms with Gasteiger partial charge in [-0.05, 0) is 18.6 Å². The van der Waals surface area contributed by atoms with Gasteiger partial charge in [0.2, 0.25) is 0 Å². The highest BCUT2D eigenvalue weighted by Crippen LogP contribution is 2.02. The lowest BCUT2D eigenvalue weighted by Gasteiger charge is -2.14. The Morgan fingerprint density at radius 1 is 1.67 bits per heavy atom. The Morgan fingerprint density at radius 2 is 2.47 bits per heavy atom. The maximum atomic E-state index is 11.4. The molecule has 1 atom stereocenters. The summed E-state index contributed by atoms with van der Waals surface area (Å²) < 4.78 is 0. The molecule has 0 radical (unpaired) electrons. The Balaban J connectivity index is 2.43. The van der Waals surface area contributed by atoms with Crippen molar-refractivity contribution in [2.45, 2.75) is 19.4 Å². The van der Waals surface area contributed by atoms with E-state index in [4.69, 9.17) is 5.11 Å². The first-order valence-electron chi connectivity index (χ1n) is 4.84. The summed E-state index contributed by atoms with van der Waals surface area (Å²) in [7, 11) is 0. The van der Waals surface area contributed by atoms with Crippen molar-refractivity contribution < 1.29 is 9.90 Å². The van der Waals surface area contributed by atoms with Gasteiger partial charge in [-0.15, -0.1) is 0 Å². The molecule has 15 heavy (non-hydrogen) atoms. The van der Waals surface area contributed by atoms with E-state index in [9.17, 15) is 4.79 Å². The molecule has 0 unspecified atom stereocenters. The maximum Gasteiger partial charge on any atom is 0.319 e. The average Bonchev–Trinajstić information content (AvgIpc) is 2.27. The van der Waals surface area contributed by atoms with Crippen molar-refractivity contribution in [2.75, 3.05) is 11.9 Å². The van der Waals surface area contributed by atoms with Gasteiger partial charge < -0.3 is 15.7 Å². The third-order valence-electron chi connectivity index (χ3n) is 1.97. The number of rotatable bonds is 4. The molecule has 0 aliphatic carbocycles. The van der Waals surface area contributed by atoms with Gasteiger partial charge in [0.05, 0.1) is 24.5 Å². The summed E-state index contributed by atoms with van der Waals surface area (Å²) in [5.74, 6) is 0. The number of nitrogens with one attached hydrogen (secondary N) is 2. The van der Waals surface area contributed by atoms with E-state index in [1.54, 1.807) is 24.5 Å². The first-order chi connectivity index (χ1) is 7.26. The van der Waals surface area contributed by atoms with Crippen molar-refractivity contribution >= 4 is 11.7 Å². The summed E-state index contributed by atoms with van der Waals surface area (Å²) in [6.07, 6.45) is 3.88. The van der Waals surface area contributed by atoms with Crippen LogP contribution in [0.4, 0.5) is 10.5 Å². The molecule has 0 bridgehead atoms. The topological polar surface area (TPSA) is 74.2 Å². The standard InChI is InChI=1S/C10H15N3O2/c1-2-8(7-14)12-10(15)13-9-4-3-5-11-6-9/h3-6,8,14H,2,7H2,1H3,(H2,12,13,15)/t8-/m0/s1. The summed E-state index contributed by atoms with van der Waals surface area (Å²) in [6, 6.07) is 2.94. The summed E-state index contributed by atoms with van der Waals surface area (Å²) in [5.41, 5.74) is 0.628. The average molecular weight is 209 g/mol. The number of hydrogen-bond acceptors (Lipinski definition) is 3. The predicted octanol–water partition coefficient (Wildman–Crippen LogP) is 0.974. The quantitative estimate of drug-likeness (QED) is 0.691. The fourth-order valence-electron chi connectivity index (χ4n) is 1.07. The number of carbonyl (C=O) groups excluding carboxylic acids is 1. The Labute approximate surface area is 88.5 Å². The molecule has 82 valence electrons. The number of nitrogens with zero attached hydrogens (tertiary/aromatic N) is 1. The minimum absolute atomic E-state index is 0.0586. The number of aliphatic hydroxyl groups excluding tert-OH is 1. The highest BCUT2D eigenvalue weighted by molar-refractivity contribution is 5.89. The van der Waals surface area contributed by atoms with Crippen molar-refractivity contribution in [2.24, 2.45) is 0 Å². The molecule has 1 rings (SSSR count). The van der Waals surface area contributed by atoms with Crippen LogP contribution in [0.2, 0.25) is 0 Å². The van der Waals surface area contributed by atoms with E-state index < -0.39 is 0 Å². The predicted molar refractivity (Wildman–Crippen MR) is 57.6 cm³/mol. The third-order valence-corrected chi connectivity index (χ3v) is 1.97.